The zero-order valence-corrected chi connectivity index (χ0v) is 23.7. The number of carbonyl (C=O) groups is 1. The van der Waals surface area contributed by atoms with Crippen LogP contribution >= 0.6 is 0 Å². The molecule has 2 heterocycles. The first-order chi connectivity index (χ1) is 20.1. The number of carbonyl (C=O) groups excluding carboxylic acids is 1. The third kappa shape index (κ3) is 9.88. The number of aromatic nitrogens is 3. The monoisotopic (exact) mass is 580 g/mol. The average molecular weight is 581 g/mol. The van der Waals surface area contributed by atoms with E-state index in [1.165, 1.54) is 6.21 Å². The summed E-state index contributed by atoms with van der Waals surface area (Å²) in [7, 11) is 1.84. The molecule has 42 heavy (non-hydrogen) atoms. The number of nitrogens with one attached hydrogen (secondary N) is 4. The molecule has 2 aromatic heterocycles. The Labute approximate surface area is 242 Å². The Morgan fingerprint density at radius 1 is 1.10 bits per heavy atom. The Kier molecular flexibility index (Phi) is 12.9. The number of pyridine rings is 1. The lowest BCUT2D eigenvalue weighted by molar-refractivity contribution is -0.135. The molecule has 0 fully saturated rings. The standard InChI is InChI=1S/C20H19N7.C5H9F3.C5H7NO/c1-23-18-7-4-8-19(25-18)27-17-6-3-2-5-15(17)20(26-27)24-14-9-10-16(22)13(11-14)12-21;1-2-3-4-5(6,7)8;1-2-5(3-6)4-7/h2-12,21H,22H2,1H3,(H,23,25)(H,24,26);2-4H2,1H3;2-4,6H,1H3/b;;5-2+,6-3?. The second kappa shape index (κ2) is 16.3. The van der Waals surface area contributed by atoms with Gasteiger partial charge in [-0.2, -0.15) is 13.2 Å². The zero-order valence-electron chi connectivity index (χ0n) is 23.7. The third-order valence-corrected chi connectivity index (χ3v) is 5.75. The Hall–Kier alpha value is -5.00. The molecule has 2 aromatic carbocycles. The number of para-hydroxylation sites is 1. The molecule has 0 aliphatic carbocycles. The molecule has 0 aliphatic rings. The Morgan fingerprint density at radius 2 is 1.83 bits per heavy atom. The maximum atomic E-state index is 11.2. The number of nitrogens with two attached hydrogens (primary N) is 1. The molecule has 4 aromatic rings. The predicted octanol–water partition coefficient (Wildman–Crippen LogP) is 7.31. The highest BCUT2D eigenvalue weighted by molar-refractivity contribution is 6.00. The van der Waals surface area contributed by atoms with Gasteiger partial charge in [0.15, 0.2) is 17.9 Å². The summed E-state index contributed by atoms with van der Waals surface area (Å²) in [6.07, 6.45) is 0.771. The second-order valence-corrected chi connectivity index (χ2v) is 8.79. The van der Waals surface area contributed by atoms with Crippen LogP contribution < -0.4 is 16.4 Å². The Bertz CT molecular complexity index is 1500. The quantitative estimate of drug-likeness (QED) is 0.0607. The topological polar surface area (TPSA) is 146 Å². The summed E-state index contributed by atoms with van der Waals surface area (Å²) in [6.45, 7) is 3.46. The first-order valence-electron chi connectivity index (χ1n) is 13.1. The molecule has 0 radical (unpaired) electrons. The van der Waals surface area contributed by atoms with Crippen molar-refractivity contribution in [1.29, 1.82) is 10.8 Å². The van der Waals surface area contributed by atoms with Gasteiger partial charge in [-0.05, 0) is 55.8 Å². The zero-order chi connectivity index (χ0) is 31.1. The fraction of sp³-hybridized carbons (Fsp3) is 0.233. The summed E-state index contributed by atoms with van der Waals surface area (Å²) in [5.41, 5.74) is 9.29. The third-order valence-electron chi connectivity index (χ3n) is 5.75. The van der Waals surface area contributed by atoms with Gasteiger partial charge in [-0.3, -0.25) is 4.79 Å². The number of benzene rings is 2. The number of anilines is 4. The van der Waals surface area contributed by atoms with E-state index in [0.29, 0.717) is 35.3 Å². The molecule has 0 bridgehead atoms. The number of fused-ring (bicyclic) bond motifs is 1. The van der Waals surface area contributed by atoms with Crippen molar-refractivity contribution < 1.29 is 18.0 Å². The van der Waals surface area contributed by atoms with E-state index < -0.39 is 12.6 Å². The fourth-order valence-corrected chi connectivity index (χ4v) is 3.49. The number of alkyl halides is 3. The van der Waals surface area contributed by atoms with Gasteiger partial charge in [0.25, 0.3) is 0 Å². The molecule has 0 spiro atoms. The van der Waals surface area contributed by atoms with Crippen molar-refractivity contribution in [2.75, 3.05) is 23.4 Å². The first kappa shape index (κ1) is 33.2. The van der Waals surface area contributed by atoms with E-state index in [-0.39, 0.29) is 6.42 Å². The molecule has 12 heteroatoms. The number of unbranched alkanes of at least 4 members (excludes halogenated alkanes) is 1. The lowest BCUT2D eigenvalue weighted by Gasteiger charge is -2.07. The van der Waals surface area contributed by atoms with Gasteiger partial charge in [0.1, 0.15) is 5.82 Å². The van der Waals surface area contributed by atoms with Gasteiger partial charge in [-0.15, -0.1) is 5.10 Å². The number of rotatable bonds is 9. The van der Waals surface area contributed by atoms with Gasteiger partial charge >= 0.3 is 6.18 Å². The minimum Gasteiger partial charge on any atom is -0.398 e. The minimum absolute atomic E-state index is 0.253. The Balaban J connectivity index is 0.000000341. The molecule has 6 N–H and O–H groups in total. The van der Waals surface area contributed by atoms with Crippen molar-refractivity contribution in [2.45, 2.75) is 39.3 Å². The lowest BCUT2D eigenvalue weighted by Crippen LogP contribution is -2.05. The molecule has 0 saturated heterocycles. The molecule has 0 aliphatic heterocycles. The van der Waals surface area contributed by atoms with Gasteiger partial charge in [0.2, 0.25) is 0 Å². The van der Waals surface area contributed by atoms with Crippen LogP contribution in [0.25, 0.3) is 16.7 Å². The van der Waals surface area contributed by atoms with Crippen LogP contribution in [-0.4, -0.2) is 46.7 Å². The Morgan fingerprint density at radius 3 is 2.38 bits per heavy atom. The van der Waals surface area contributed by atoms with Crippen LogP contribution in [-0.2, 0) is 4.79 Å². The highest BCUT2D eigenvalue weighted by Gasteiger charge is 2.25. The van der Waals surface area contributed by atoms with Crippen LogP contribution in [0.5, 0.6) is 0 Å². The van der Waals surface area contributed by atoms with E-state index in [9.17, 15) is 18.0 Å². The number of hydrogen-bond donors (Lipinski definition) is 5. The number of hydrogen-bond acceptors (Lipinski definition) is 8. The lowest BCUT2D eigenvalue weighted by atomic mass is 10.1. The predicted molar refractivity (Wildman–Crippen MR) is 165 cm³/mol. The summed E-state index contributed by atoms with van der Waals surface area (Å²) >= 11 is 0. The minimum atomic E-state index is -3.95. The number of allylic oxidation sites excluding steroid dienone is 2. The van der Waals surface area contributed by atoms with Gasteiger partial charge in [-0.1, -0.05) is 37.6 Å². The molecule has 0 unspecified atom stereocenters. The number of halogens is 3. The molecular weight excluding hydrogens is 545 g/mol. The molecule has 222 valence electrons. The van der Waals surface area contributed by atoms with Gasteiger partial charge < -0.3 is 27.2 Å². The molecule has 0 atom stereocenters. The van der Waals surface area contributed by atoms with Crippen molar-refractivity contribution in [2.24, 2.45) is 0 Å². The summed E-state index contributed by atoms with van der Waals surface area (Å²) < 4.78 is 35.5. The molecule has 9 nitrogen and oxygen atoms in total. The van der Waals surface area contributed by atoms with Crippen molar-refractivity contribution >= 4 is 52.6 Å². The maximum absolute atomic E-state index is 11.2. The van der Waals surface area contributed by atoms with Crippen LogP contribution in [0.1, 0.15) is 38.7 Å². The fourth-order valence-electron chi connectivity index (χ4n) is 3.49. The SMILES string of the molecule is C/C=C(\C=N)C=O.CCCCC(F)(F)F.CNc1cccc(-n2nc(Nc3ccc(N)c(C=N)c3)c3ccccc32)n1. The van der Waals surface area contributed by atoms with E-state index >= 15 is 0 Å². The van der Waals surface area contributed by atoms with E-state index in [4.69, 9.17) is 21.7 Å². The highest BCUT2D eigenvalue weighted by Crippen LogP contribution is 2.29. The number of nitrogen functional groups attached to an aromatic ring is 1. The van der Waals surface area contributed by atoms with Gasteiger partial charge in [0.05, 0.1) is 5.52 Å². The van der Waals surface area contributed by atoms with Crippen molar-refractivity contribution in [3.05, 3.63) is 77.9 Å². The van der Waals surface area contributed by atoms with Crippen LogP contribution in [0.4, 0.5) is 36.2 Å². The smallest absolute Gasteiger partial charge is 0.389 e. The van der Waals surface area contributed by atoms with E-state index in [1.54, 1.807) is 26.0 Å². The summed E-state index contributed by atoms with van der Waals surface area (Å²) in [5.74, 6) is 2.21. The van der Waals surface area contributed by atoms with Crippen molar-refractivity contribution in [3.8, 4) is 5.82 Å². The van der Waals surface area contributed by atoms with E-state index in [0.717, 1.165) is 34.4 Å². The van der Waals surface area contributed by atoms with Gasteiger partial charge in [-0.25, -0.2) is 9.67 Å². The van der Waals surface area contributed by atoms with Crippen molar-refractivity contribution in [3.63, 3.8) is 0 Å². The molecule has 0 amide bonds. The van der Waals surface area contributed by atoms with E-state index in [2.05, 4.69) is 15.6 Å². The average Bonchev–Trinajstić information content (AvgIpc) is 3.36. The largest absolute Gasteiger partial charge is 0.398 e. The molecular formula is C30H35F3N8O. The summed E-state index contributed by atoms with van der Waals surface area (Å²) in [5, 5.41) is 26.1. The number of aldehydes is 1. The maximum Gasteiger partial charge on any atom is 0.389 e. The van der Waals surface area contributed by atoms with Crippen LogP contribution in [0, 0.1) is 10.8 Å². The first-order valence-corrected chi connectivity index (χ1v) is 13.1. The van der Waals surface area contributed by atoms with Gasteiger partial charge in [0, 0.05) is 53.8 Å². The normalized spacial score (nSPS) is 11.0. The van der Waals surface area contributed by atoms with Crippen LogP contribution in [0.2, 0.25) is 0 Å². The summed E-state index contributed by atoms with van der Waals surface area (Å²) in [4.78, 5) is 14.3. The van der Waals surface area contributed by atoms with Crippen molar-refractivity contribution in [1.82, 2.24) is 14.8 Å². The van der Waals surface area contributed by atoms with E-state index in [1.807, 2.05) is 66.3 Å². The highest BCUT2D eigenvalue weighted by atomic mass is 19.4. The molecule has 0 saturated carbocycles. The summed E-state index contributed by atoms with van der Waals surface area (Å²) in [6, 6.07) is 19.2. The molecule has 4 rings (SSSR count). The second-order valence-electron chi connectivity index (χ2n) is 8.79. The van der Waals surface area contributed by atoms with Crippen LogP contribution in [0.3, 0.4) is 0 Å². The number of nitrogens with zero attached hydrogens (tertiary/aromatic N) is 3. The van der Waals surface area contributed by atoms with Crippen LogP contribution in [0.15, 0.2) is 72.3 Å².